The summed E-state index contributed by atoms with van der Waals surface area (Å²) in [6.07, 6.45) is 0. The second-order valence-corrected chi connectivity index (χ2v) is 7.50. The molecule has 0 unspecified atom stereocenters. The molecular weight excluding hydrogens is 352 g/mol. The standard InChI is InChI=1S/C23H22N2OS/c1-16-6-4-5-7-19(16)14-25-17(2)8-13-22(25)21-15-27-23(24-21)18-9-11-20(26-3)12-10-18/h4-13,15H,14H2,1-3H3. The number of aromatic nitrogens is 2. The summed E-state index contributed by atoms with van der Waals surface area (Å²) >= 11 is 1.67. The van der Waals surface area contributed by atoms with Gasteiger partial charge in [0, 0.05) is 23.2 Å². The zero-order valence-electron chi connectivity index (χ0n) is 15.8. The Labute approximate surface area is 163 Å². The molecule has 136 valence electrons. The van der Waals surface area contributed by atoms with Gasteiger partial charge < -0.3 is 9.30 Å². The molecule has 0 amide bonds. The third-order valence-corrected chi connectivity index (χ3v) is 5.78. The molecular formula is C23H22N2OS. The van der Waals surface area contributed by atoms with Crippen LogP contribution in [0.4, 0.5) is 0 Å². The Bertz CT molecular complexity index is 1060. The monoisotopic (exact) mass is 374 g/mol. The average Bonchev–Trinajstić information content (AvgIpc) is 3.31. The van der Waals surface area contributed by atoms with E-state index in [2.05, 4.69) is 72.3 Å². The summed E-state index contributed by atoms with van der Waals surface area (Å²) in [7, 11) is 1.68. The SMILES string of the molecule is COc1ccc(-c2nc(-c3ccc(C)n3Cc3ccccc3C)cs2)cc1. The van der Waals surface area contributed by atoms with Crippen molar-refractivity contribution in [2.75, 3.05) is 7.11 Å². The maximum atomic E-state index is 5.24. The van der Waals surface area contributed by atoms with E-state index in [0.29, 0.717) is 0 Å². The van der Waals surface area contributed by atoms with Crippen LogP contribution < -0.4 is 4.74 Å². The molecule has 4 aromatic rings. The van der Waals surface area contributed by atoms with Crippen molar-refractivity contribution in [1.82, 2.24) is 9.55 Å². The van der Waals surface area contributed by atoms with Crippen LogP contribution >= 0.6 is 11.3 Å². The summed E-state index contributed by atoms with van der Waals surface area (Å²) in [6.45, 7) is 5.17. The average molecular weight is 375 g/mol. The van der Waals surface area contributed by atoms with Gasteiger partial charge in [-0.1, -0.05) is 24.3 Å². The third kappa shape index (κ3) is 3.53. The number of nitrogens with zero attached hydrogens (tertiary/aromatic N) is 2. The number of aryl methyl sites for hydroxylation is 2. The topological polar surface area (TPSA) is 27.1 Å². The Morgan fingerprint density at radius 1 is 0.963 bits per heavy atom. The van der Waals surface area contributed by atoms with E-state index in [1.165, 1.54) is 16.8 Å². The molecule has 0 fully saturated rings. The normalized spacial score (nSPS) is 10.9. The molecule has 0 spiro atoms. The van der Waals surface area contributed by atoms with E-state index in [1.54, 1.807) is 18.4 Å². The molecule has 0 aliphatic heterocycles. The van der Waals surface area contributed by atoms with Crippen LogP contribution in [-0.2, 0) is 6.54 Å². The highest BCUT2D eigenvalue weighted by Crippen LogP contribution is 2.31. The predicted octanol–water partition coefficient (Wildman–Crippen LogP) is 5.95. The van der Waals surface area contributed by atoms with Crippen LogP contribution in [0.25, 0.3) is 22.0 Å². The summed E-state index contributed by atoms with van der Waals surface area (Å²) in [6, 6.07) is 20.9. The van der Waals surface area contributed by atoms with Gasteiger partial charge in [-0.2, -0.15) is 0 Å². The Balaban J connectivity index is 1.67. The third-order valence-electron chi connectivity index (χ3n) is 4.89. The van der Waals surface area contributed by atoms with Gasteiger partial charge in [0.05, 0.1) is 18.5 Å². The van der Waals surface area contributed by atoms with E-state index in [-0.39, 0.29) is 0 Å². The van der Waals surface area contributed by atoms with E-state index >= 15 is 0 Å². The van der Waals surface area contributed by atoms with Gasteiger partial charge in [0.2, 0.25) is 0 Å². The van der Waals surface area contributed by atoms with Crippen molar-refractivity contribution in [2.45, 2.75) is 20.4 Å². The molecule has 2 aromatic heterocycles. The minimum atomic E-state index is 0.857. The lowest BCUT2D eigenvalue weighted by Gasteiger charge is -2.12. The molecule has 4 rings (SSSR count). The van der Waals surface area contributed by atoms with Gasteiger partial charge in [-0.25, -0.2) is 4.98 Å². The molecule has 0 bridgehead atoms. The van der Waals surface area contributed by atoms with Gasteiger partial charge in [-0.3, -0.25) is 0 Å². The number of methoxy groups -OCH3 is 1. The summed E-state index contributed by atoms with van der Waals surface area (Å²) < 4.78 is 7.59. The molecule has 0 aliphatic carbocycles. The molecule has 0 aliphatic rings. The van der Waals surface area contributed by atoms with Gasteiger partial charge in [-0.05, 0) is 61.4 Å². The first-order valence-electron chi connectivity index (χ1n) is 8.96. The Kier molecular flexibility index (Phi) is 4.82. The largest absolute Gasteiger partial charge is 0.497 e. The smallest absolute Gasteiger partial charge is 0.124 e. The molecule has 2 heterocycles. The number of hydrogen-bond donors (Lipinski definition) is 0. The Hall–Kier alpha value is -2.85. The van der Waals surface area contributed by atoms with Crippen LogP contribution in [-0.4, -0.2) is 16.7 Å². The molecule has 27 heavy (non-hydrogen) atoms. The minimum absolute atomic E-state index is 0.857. The first-order valence-corrected chi connectivity index (χ1v) is 9.84. The highest BCUT2D eigenvalue weighted by molar-refractivity contribution is 7.13. The van der Waals surface area contributed by atoms with Crippen molar-refractivity contribution >= 4 is 11.3 Å². The van der Waals surface area contributed by atoms with Crippen molar-refractivity contribution in [1.29, 1.82) is 0 Å². The van der Waals surface area contributed by atoms with E-state index in [9.17, 15) is 0 Å². The van der Waals surface area contributed by atoms with E-state index < -0.39 is 0 Å². The number of thiazole rings is 1. The van der Waals surface area contributed by atoms with Crippen molar-refractivity contribution in [3.05, 3.63) is 82.9 Å². The highest BCUT2D eigenvalue weighted by atomic mass is 32.1. The van der Waals surface area contributed by atoms with Crippen LogP contribution in [0.1, 0.15) is 16.8 Å². The zero-order valence-corrected chi connectivity index (χ0v) is 16.6. The van der Waals surface area contributed by atoms with Gasteiger partial charge in [-0.15, -0.1) is 11.3 Å². The number of benzene rings is 2. The summed E-state index contributed by atoms with van der Waals surface area (Å²) in [5.74, 6) is 0.860. The Morgan fingerprint density at radius 3 is 2.48 bits per heavy atom. The maximum absolute atomic E-state index is 5.24. The molecule has 0 N–H and O–H groups in total. The van der Waals surface area contributed by atoms with Crippen LogP contribution in [0.15, 0.2) is 66.0 Å². The number of hydrogen-bond acceptors (Lipinski definition) is 3. The van der Waals surface area contributed by atoms with Gasteiger partial charge in [0.1, 0.15) is 10.8 Å². The fraction of sp³-hybridized carbons (Fsp3) is 0.174. The van der Waals surface area contributed by atoms with E-state index in [4.69, 9.17) is 9.72 Å². The van der Waals surface area contributed by atoms with Gasteiger partial charge >= 0.3 is 0 Å². The van der Waals surface area contributed by atoms with Crippen LogP contribution in [0.3, 0.4) is 0 Å². The lowest BCUT2D eigenvalue weighted by molar-refractivity contribution is 0.415. The summed E-state index contributed by atoms with van der Waals surface area (Å²) in [4.78, 5) is 4.90. The molecule has 0 atom stereocenters. The predicted molar refractivity (Wildman–Crippen MR) is 113 cm³/mol. The maximum Gasteiger partial charge on any atom is 0.124 e. The lowest BCUT2D eigenvalue weighted by Crippen LogP contribution is -2.05. The molecule has 2 aromatic carbocycles. The number of ether oxygens (including phenoxy) is 1. The quantitative estimate of drug-likeness (QED) is 0.431. The fourth-order valence-electron chi connectivity index (χ4n) is 3.22. The zero-order chi connectivity index (χ0) is 18.8. The van der Waals surface area contributed by atoms with Gasteiger partial charge in [0.15, 0.2) is 0 Å². The second kappa shape index (κ2) is 7.41. The molecule has 0 radical (unpaired) electrons. The van der Waals surface area contributed by atoms with Crippen molar-refractivity contribution in [2.24, 2.45) is 0 Å². The Morgan fingerprint density at radius 2 is 1.74 bits per heavy atom. The second-order valence-electron chi connectivity index (χ2n) is 6.64. The molecule has 0 saturated carbocycles. The molecule has 4 heteroatoms. The first-order chi connectivity index (χ1) is 13.2. The van der Waals surface area contributed by atoms with E-state index in [0.717, 1.165) is 34.3 Å². The number of rotatable bonds is 5. The van der Waals surface area contributed by atoms with Crippen LogP contribution in [0.5, 0.6) is 5.75 Å². The highest BCUT2D eigenvalue weighted by Gasteiger charge is 2.13. The lowest BCUT2D eigenvalue weighted by atomic mass is 10.1. The van der Waals surface area contributed by atoms with Crippen molar-refractivity contribution in [3.63, 3.8) is 0 Å². The molecule has 0 saturated heterocycles. The van der Waals surface area contributed by atoms with Crippen molar-refractivity contribution in [3.8, 4) is 27.7 Å². The summed E-state index contributed by atoms with van der Waals surface area (Å²) in [5, 5.41) is 3.16. The van der Waals surface area contributed by atoms with Crippen LogP contribution in [0.2, 0.25) is 0 Å². The van der Waals surface area contributed by atoms with Crippen molar-refractivity contribution < 1.29 is 4.74 Å². The van der Waals surface area contributed by atoms with Gasteiger partial charge in [0.25, 0.3) is 0 Å². The van der Waals surface area contributed by atoms with Crippen LogP contribution in [0, 0.1) is 13.8 Å². The molecule has 3 nitrogen and oxygen atoms in total. The summed E-state index contributed by atoms with van der Waals surface area (Å²) in [5.41, 5.74) is 7.18. The fourth-order valence-corrected chi connectivity index (χ4v) is 4.04. The van der Waals surface area contributed by atoms with E-state index in [1.807, 2.05) is 12.1 Å². The minimum Gasteiger partial charge on any atom is -0.497 e. The first kappa shape index (κ1) is 17.6.